The van der Waals surface area contributed by atoms with Crippen LogP contribution in [0.4, 0.5) is 0 Å². The van der Waals surface area contributed by atoms with Gasteiger partial charge in [0.25, 0.3) is 5.56 Å². The van der Waals surface area contributed by atoms with Crippen molar-refractivity contribution in [3.05, 3.63) is 64.6 Å². The van der Waals surface area contributed by atoms with Gasteiger partial charge in [-0.15, -0.1) is 0 Å². The number of hydrogen-bond donors (Lipinski definition) is 0. The van der Waals surface area contributed by atoms with Crippen molar-refractivity contribution in [3.63, 3.8) is 0 Å². The van der Waals surface area contributed by atoms with Crippen molar-refractivity contribution in [2.75, 3.05) is 6.61 Å². The first-order valence-electron chi connectivity index (χ1n) is 6.58. The van der Waals surface area contributed by atoms with E-state index in [0.717, 1.165) is 0 Å². The van der Waals surface area contributed by atoms with Crippen molar-refractivity contribution in [2.24, 2.45) is 0 Å². The Balaban J connectivity index is 2.34. The van der Waals surface area contributed by atoms with Crippen LogP contribution in [0.3, 0.4) is 0 Å². The van der Waals surface area contributed by atoms with Crippen LogP contribution in [0.25, 0.3) is 0 Å². The third-order valence-corrected chi connectivity index (χ3v) is 3.09. The summed E-state index contributed by atoms with van der Waals surface area (Å²) in [6, 6.07) is 11.7. The van der Waals surface area contributed by atoms with E-state index >= 15 is 0 Å². The first kappa shape index (κ1) is 14.1. The molecule has 4 nitrogen and oxygen atoms in total. The summed E-state index contributed by atoms with van der Waals surface area (Å²) in [6.45, 7) is 3.95. The van der Waals surface area contributed by atoms with E-state index < -0.39 is 6.04 Å². The van der Waals surface area contributed by atoms with Gasteiger partial charge in [0.15, 0.2) is 11.5 Å². The number of ether oxygens (including phenoxy) is 1. The molecule has 0 aliphatic carbocycles. The van der Waals surface area contributed by atoms with E-state index in [9.17, 15) is 9.59 Å². The highest BCUT2D eigenvalue weighted by atomic mass is 16.5. The smallest absolute Gasteiger partial charge is 0.293 e. The molecule has 1 aromatic heterocycles. The molecular weight excluding hydrogens is 254 g/mol. The standard InChI is InChI=1S/C16H17NO3/c1-3-20-14-10-7-11-17(16(14)19)12(2)15(18)13-8-5-4-6-9-13/h4-12H,3H2,1-2H3. The van der Waals surface area contributed by atoms with Crippen molar-refractivity contribution in [1.82, 2.24) is 4.57 Å². The summed E-state index contributed by atoms with van der Waals surface area (Å²) < 4.78 is 6.67. The van der Waals surface area contributed by atoms with Crippen LogP contribution in [-0.2, 0) is 0 Å². The van der Waals surface area contributed by atoms with Crippen LogP contribution in [0.2, 0.25) is 0 Å². The van der Waals surface area contributed by atoms with Crippen LogP contribution < -0.4 is 10.3 Å². The maximum atomic E-state index is 12.4. The van der Waals surface area contributed by atoms with Gasteiger partial charge in [0, 0.05) is 11.8 Å². The number of Topliss-reactive ketones (excluding diaryl/α,β-unsaturated/α-hetero) is 1. The van der Waals surface area contributed by atoms with E-state index in [1.165, 1.54) is 4.57 Å². The molecule has 1 aromatic carbocycles. The van der Waals surface area contributed by atoms with Crippen molar-refractivity contribution < 1.29 is 9.53 Å². The van der Waals surface area contributed by atoms with Crippen molar-refractivity contribution >= 4 is 5.78 Å². The highest BCUT2D eigenvalue weighted by Gasteiger charge is 2.18. The summed E-state index contributed by atoms with van der Waals surface area (Å²) >= 11 is 0. The van der Waals surface area contributed by atoms with Gasteiger partial charge in [0.05, 0.1) is 12.6 Å². The molecular formula is C16H17NO3. The second-order valence-corrected chi connectivity index (χ2v) is 4.42. The molecule has 0 N–H and O–H groups in total. The average molecular weight is 271 g/mol. The predicted molar refractivity (Wildman–Crippen MR) is 77.4 cm³/mol. The molecule has 0 bridgehead atoms. The molecule has 1 heterocycles. The summed E-state index contributed by atoms with van der Waals surface area (Å²) in [5.41, 5.74) is 0.305. The highest BCUT2D eigenvalue weighted by molar-refractivity contribution is 5.98. The van der Waals surface area contributed by atoms with E-state index in [1.54, 1.807) is 49.5 Å². The quantitative estimate of drug-likeness (QED) is 0.785. The van der Waals surface area contributed by atoms with Gasteiger partial charge in [-0.1, -0.05) is 30.3 Å². The lowest BCUT2D eigenvalue weighted by molar-refractivity contribution is 0.0932. The van der Waals surface area contributed by atoms with Crippen molar-refractivity contribution in [2.45, 2.75) is 19.9 Å². The zero-order valence-corrected chi connectivity index (χ0v) is 11.6. The Morgan fingerprint density at radius 1 is 1.20 bits per heavy atom. The fourth-order valence-electron chi connectivity index (χ4n) is 2.03. The number of hydrogen-bond acceptors (Lipinski definition) is 3. The van der Waals surface area contributed by atoms with Crippen LogP contribution in [0, 0.1) is 0 Å². The second-order valence-electron chi connectivity index (χ2n) is 4.42. The molecule has 0 saturated carbocycles. The van der Waals surface area contributed by atoms with Gasteiger partial charge >= 0.3 is 0 Å². The second kappa shape index (κ2) is 6.19. The highest BCUT2D eigenvalue weighted by Crippen LogP contribution is 2.13. The lowest BCUT2D eigenvalue weighted by atomic mass is 10.1. The van der Waals surface area contributed by atoms with Crippen LogP contribution >= 0.6 is 0 Å². The van der Waals surface area contributed by atoms with E-state index in [2.05, 4.69) is 0 Å². The number of nitrogens with zero attached hydrogens (tertiary/aromatic N) is 1. The molecule has 0 fully saturated rings. The SMILES string of the molecule is CCOc1cccn(C(C)C(=O)c2ccccc2)c1=O. The number of ketones is 1. The number of benzene rings is 1. The van der Waals surface area contributed by atoms with Crippen molar-refractivity contribution in [3.8, 4) is 5.75 Å². The monoisotopic (exact) mass is 271 g/mol. The minimum absolute atomic E-state index is 0.0960. The molecule has 20 heavy (non-hydrogen) atoms. The lowest BCUT2D eigenvalue weighted by Gasteiger charge is -2.15. The fourth-order valence-corrected chi connectivity index (χ4v) is 2.03. The molecule has 2 aromatic rings. The van der Waals surface area contributed by atoms with Gasteiger partial charge < -0.3 is 9.30 Å². The van der Waals surface area contributed by atoms with Gasteiger partial charge in [-0.3, -0.25) is 9.59 Å². The summed E-state index contributed by atoms with van der Waals surface area (Å²) in [5.74, 6) is 0.170. The van der Waals surface area contributed by atoms with Crippen LogP contribution in [0.1, 0.15) is 30.2 Å². The summed E-state index contributed by atoms with van der Waals surface area (Å²) in [7, 11) is 0. The maximum Gasteiger partial charge on any atom is 0.293 e. The number of rotatable bonds is 5. The largest absolute Gasteiger partial charge is 0.488 e. The van der Waals surface area contributed by atoms with Gasteiger partial charge in [0.1, 0.15) is 0 Å². The van der Waals surface area contributed by atoms with Crippen molar-refractivity contribution in [1.29, 1.82) is 0 Å². The van der Waals surface area contributed by atoms with Gasteiger partial charge in [-0.05, 0) is 26.0 Å². The normalized spacial score (nSPS) is 11.9. The third kappa shape index (κ3) is 2.79. The van der Waals surface area contributed by atoms with Gasteiger partial charge in [0.2, 0.25) is 0 Å². The third-order valence-electron chi connectivity index (χ3n) is 3.09. The van der Waals surface area contributed by atoms with Crippen LogP contribution in [0.5, 0.6) is 5.75 Å². The van der Waals surface area contributed by atoms with E-state index in [4.69, 9.17) is 4.74 Å². The molecule has 0 saturated heterocycles. The average Bonchev–Trinajstić information content (AvgIpc) is 2.49. The van der Waals surface area contributed by atoms with Crippen LogP contribution in [-0.4, -0.2) is 17.0 Å². The molecule has 4 heteroatoms. The predicted octanol–water partition coefficient (Wildman–Crippen LogP) is 2.69. The van der Waals surface area contributed by atoms with Crippen LogP contribution in [0.15, 0.2) is 53.5 Å². The Morgan fingerprint density at radius 2 is 1.90 bits per heavy atom. The molecule has 0 radical (unpaired) electrons. The maximum absolute atomic E-state index is 12.4. The van der Waals surface area contributed by atoms with E-state index in [1.807, 2.05) is 13.0 Å². The number of carbonyl (C=O) groups is 1. The molecule has 1 unspecified atom stereocenters. The molecule has 0 aliphatic heterocycles. The first-order chi connectivity index (χ1) is 9.65. The molecule has 0 aliphatic rings. The Bertz CT molecular complexity index is 646. The number of carbonyl (C=O) groups excluding carboxylic acids is 1. The number of pyridine rings is 1. The zero-order valence-electron chi connectivity index (χ0n) is 11.6. The molecule has 1 atom stereocenters. The minimum Gasteiger partial charge on any atom is -0.488 e. The van der Waals surface area contributed by atoms with Gasteiger partial charge in [-0.25, -0.2) is 0 Å². The Hall–Kier alpha value is -2.36. The molecule has 0 amide bonds. The zero-order chi connectivity index (χ0) is 14.5. The summed E-state index contributed by atoms with van der Waals surface area (Å²) in [5, 5.41) is 0. The molecule has 2 rings (SSSR count). The number of aromatic nitrogens is 1. The Labute approximate surface area is 117 Å². The van der Waals surface area contributed by atoms with E-state index in [0.29, 0.717) is 12.2 Å². The summed E-state index contributed by atoms with van der Waals surface area (Å²) in [6.07, 6.45) is 1.61. The topological polar surface area (TPSA) is 48.3 Å². The summed E-state index contributed by atoms with van der Waals surface area (Å²) in [4.78, 5) is 24.6. The van der Waals surface area contributed by atoms with E-state index in [-0.39, 0.29) is 17.1 Å². The molecule has 104 valence electrons. The molecule has 0 spiro atoms. The minimum atomic E-state index is -0.565. The Morgan fingerprint density at radius 3 is 2.55 bits per heavy atom. The fraction of sp³-hybridized carbons (Fsp3) is 0.250. The lowest BCUT2D eigenvalue weighted by Crippen LogP contribution is -2.28. The van der Waals surface area contributed by atoms with Gasteiger partial charge in [-0.2, -0.15) is 0 Å². The first-order valence-corrected chi connectivity index (χ1v) is 6.58. The Kier molecular flexibility index (Phi) is 4.35.